The van der Waals surface area contributed by atoms with Crippen LogP contribution in [0.25, 0.3) is 0 Å². The predicted octanol–water partition coefficient (Wildman–Crippen LogP) is 2.07. The fraction of sp³-hybridized carbons (Fsp3) is 0.556. The third-order valence-electron chi connectivity index (χ3n) is 4.51. The van der Waals surface area contributed by atoms with Gasteiger partial charge >= 0.3 is 0 Å². The van der Waals surface area contributed by atoms with Crippen LogP contribution >= 0.6 is 12.4 Å². The van der Waals surface area contributed by atoms with Crippen LogP contribution in [0.2, 0.25) is 0 Å². The number of piperazine rings is 1. The van der Waals surface area contributed by atoms with Gasteiger partial charge in [0.15, 0.2) is 0 Å². The van der Waals surface area contributed by atoms with Crippen molar-refractivity contribution >= 4 is 24.2 Å². The molecule has 0 bridgehead atoms. The number of hydrogen-bond donors (Lipinski definition) is 1. The molecule has 134 valence electrons. The number of nitrogens with two attached hydrogens (primary N) is 1. The number of amides is 2. The summed E-state index contributed by atoms with van der Waals surface area (Å²) in [4.78, 5) is 28.3. The molecule has 0 spiro atoms. The summed E-state index contributed by atoms with van der Waals surface area (Å²) in [5.41, 5.74) is 7.22. The summed E-state index contributed by atoms with van der Waals surface area (Å²) in [6.45, 7) is 8.08. The molecule has 0 aliphatic carbocycles. The Morgan fingerprint density at radius 1 is 0.917 bits per heavy atom. The Balaban J connectivity index is 0.00000288. The van der Waals surface area contributed by atoms with Crippen LogP contribution in [0.3, 0.4) is 0 Å². The monoisotopic (exact) mass is 353 g/mol. The zero-order chi connectivity index (χ0) is 17.0. The predicted molar refractivity (Wildman–Crippen MR) is 97.8 cm³/mol. The molecule has 1 aromatic carbocycles. The molecule has 0 aromatic heterocycles. The van der Waals surface area contributed by atoms with E-state index in [1.807, 2.05) is 60.9 Å². The second-order valence-corrected chi connectivity index (χ2v) is 6.53. The normalized spacial score (nSPS) is 17.2. The zero-order valence-corrected chi connectivity index (χ0v) is 15.5. The standard InChI is InChI=1S/C18H27N3O2.ClH/c1-13(2)17(22)20-9-11-21(12-10-20)18(23)14(3)16(19)15-7-5-4-6-8-15;/h4-8,13-14,16H,9-12,19H2,1-3H3;1H. The van der Waals surface area contributed by atoms with E-state index in [0.717, 1.165) is 5.56 Å². The van der Waals surface area contributed by atoms with E-state index in [9.17, 15) is 9.59 Å². The summed E-state index contributed by atoms with van der Waals surface area (Å²) in [7, 11) is 0. The topological polar surface area (TPSA) is 66.6 Å². The van der Waals surface area contributed by atoms with Crippen LogP contribution in [0.4, 0.5) is 0 Å². The molecule has 1 aromatic rings. The average Bonchev–Trinajstić information content (AvgIpc) is 2.60. The molecule has 1 aliphatic heterocycles. The summed E-state index contributed by atoms with van der Waals surface area (Å²) in [6, 6.07) is 9.40. The molecule has 1 aliphatic rings. The maximum Gasteiger partial charge on any atom is 0.227 e. The van der Waals surface area contributed by atoms with Gasteiger partial charge in [0.2, 0.25) is 11.8 Å². The van der Waals surface area contributed by atoms with Gasteiger partial charge in [-0.3, -0.25) is 9.59 Å². The Morgan fingerprint density at radius 3 is 1.83 bits per heavy atom. The van der Waals surface area contributed by atoms with Crippen LogP contribution in [-0.2, 0) is 9.59 Å². The van der Waals surface area contributed by atoms with Crippen molar-refractivity contribution in [1.82, 2.24) is 9.80 Å². The molecule has 2 unspecified atom stereocenters. The van der Waals surface area contributed by atoms with Gasteiger partial charge in [-0.05, 0) is 5.56 Å². The quantitative estimate of drug-likeness (QED) is 0.901. The summed E-state index contributed by atoms with van der Waals surface area (Å²) < 4.78 is 0. The lowest BCUT2D eigenvalue weighted by Gasteiger charge is -2.37. The summed E-state index contributed by atoms with van der Waals surface area (Å²) >= 11 is 0. The lowest BCUT2D eigenvalue weighted by Crippen LogP contribution is -2.53. The van der Waals surface area contributed by atoms with E-state index in [1.54, 1.807) is 0 Å². The van der Waals surface area contributed by atoms with Crippen LogP contribution in [-0.4, -0.2) is 47.8 Å². The second-order valence-electron chi connectivity index (χ2n) is 6.53. The maximum atomic E-state index is 12.7. The van der Waals surface area contributed by atoms with Crippen molar-refractivity contribution in [2.75, 3.05) is 26.2 Å². The van der Waals surface area contributed by atoms with E-state index in [4.69, 9.17) is 5.73 Å². The Morgan fingerprint density at radius 2 is 1.38 bits per heavy atom. The van der Waals surface area contributed by atoms with Gasteiger partial charge in [0, 0.05) is 38.1 Å². The molecular weight excluding hydrogens is 326 g/mol. The molecule has 1 fully saturated rings. The van der Waals surface area contributed by atoms with Gasteiger partial charge < -0.3 is 15.5 Å². The molecule has 5 nitrogen and oxygen atoms in total. The number of halogens is 1. The van der Waals surface area contributed by atoms with E-state index in [1.165, 1.54) is 0 Å². The van der Waals surface area contributed by atoms with Crippen molar-refractivity contribution < 1.29 is 9.59 Å². The average molecular weight is 354 g/mol. The largest absolute Gasteiger partial charge is 0.339 e. The molecule has 2 N–H and O–H groups in total. The SMILES string of the molecule is CC(C)C(=O)N1CCN(C(=O)C(C)C(N)c2ccccc2)CC1.Cl. The maximum absolute atomic E-state index is 12.7. The number of hydrogen-bond acceptors (Lipinski definition) is 3. The molecule has 0 saturated carbocycles. The van der Waals surface area contributed by atoms with Crippen molar-refractivity contribution in [2.24, 2.45) is 17.6 Å². The molecule has 2 amide bonds. The molecule has 1 saturated heterocycles. The van der Waals surface area contributed by atoms with E-state index in [2.05, 4.69) is 0 Å². The van der Waals surface area contributed by atoms with Gasteiger partial charge in [-0.15, -0.1) is 12.4 Å². The first-order valence-electron chi connectivity index (χ1n) is 8.30. The van der Waals surface area contributed by atoms with Crippen molar-refractivity contribution in [3.05, 3.63) is 35.9 Å². The molecular formula is C18H28ClN3O2. The van der Waals surface area contributed by atoms with Gasteiger partial charge in [-0.25, -0.2) is 0 Å². The minimum absolute atomic E-state index is 0. The highest BCUT2D eigenvalue weighted by Crippen LogP contribution is 2.21. The number of carbonyl (C=O) groups is 2. The summed E-state index contributed by atoms with van der Waals surface area (Å²) in [6.07, 6.45) is 0. The van der Waals surface area contributed by atoms with Gasteiger partial charge in [0.25, 0.3) is 0 Å². The zero-order valence-electron chi connectivity index (χ0n) is 14.6. The van der Waals surface area contributed by atoms with Crippen LogP contribution in [0.5, 0.6) is 0 Å². The van der Waals surface area contributed by atoms with Gasteiger partial charge in [0.1, 0.15) is 0 Å². The van der Waals surface area contributed by atoms with Crippen molar-refractivity contribution in [3.8, 4) is 0 Å². The van der Waals surface area contributed by atoms with Crippen LogP contribution < -0.4 is 5.73 Å². The smallest absolute Gasteiger partial charge is 0.227 e. The Hall–Kier alpha value is -1.59. The Kier molecular flexibility index (Phi) is 7.70. The highest BCUT2D eigenvalue weighted by molar-refractivity contribution is 5.85. The molecule has 6 heteroatoms. The Labute approximate surface area is 150 Å². The number of rotatable bonds is 4. The third kappa shape index (κ3) is 4.71. The third-order valence-corrected chi connectivity index (χ3v) is 4.51. The number of carbonyl (C=O) groups excluding carboxylic acids is 2. The highest BCUT2D eigenvalue weighted by atomic mass is 35.5. The van der Waals surface area contributed by atoms with E-state index >= 15 is 0 Å². The molecule has 2 atom stereocenters. The van der Waals surface area contributed by atoms with E-state index in [0.29, 0.717) is 26.2 Å². The molecule has 1 heterocycles. The van der Waals surface area contributed by atoms with Gasteiger partial charge in [0.05, 0.1) is 5.92 Å². The number of benzene rings is 1. The first kappa shape index (κ1) is 20.5. The summed E-state index contributed by atoms with van der Waals surface area (Å²) in [5, 5.41) is 0. The first-order valence-corrected chi connectivity index (χ1v) is 8.30. The van der Waals surface area contributed by atoms with Gasteiger partial charge in [-0.2, -0.15) is 0 Å². The fourth-order valence-electron chi connectivity index (χ4n) is 2.92. The first-order chi connectivity index (χ1) is 10.9. The fourth-order valence-corrected chi connectivity index (χ4v) is 2.92. The van der Waals surface area contributed by atoms with E-state index in [-0.39, 0.29) is 42.1 Å². The number of nitrogens with zero attached hydrogens (tertiary/aromatic N) is 2. The van der Waals surface area contributed by atoms with Gasteiger partial charge in [-0.1, -0.05) is 51.1 Å². The van der Waals surface area contributed by atoms with Crippen molar-refractivity contribution in [1.29, 1.82) is 0 Å². The van der Waals surface area contributed by atoms with Crippen LogP contribution in [0.15, 0.2) is 30.3 Å². The minimum atomic E-state index is -0.306. The van der Waals surface area contributed by atoms with Crippen LogP contribution in [0, 0.1) is 11.8 Å². The lowest BCUT2D eigenvalue weighted by atomic mass is 9.94. The molecule has 24 heavy (non-hydrogen) atoms. The Bertz CT molecular complexity index is 542. The van der Waals surface area contributed by atoms with Crippen molar-refractivity contribution in [3.63, 3.8) is 0 Å². The molecule has 0 radical (unpaired) electrons. The minimum Gasteiger partial charge on any atom is -0.339 e. The van der Waals surface area contributed by atoms with Crippen LogP contribution in [0.1, 0.15) is 32.4 Å². The highest BCUT2D eigenvalue weighted by Gasteiger charge is 2.30. The summed E-state index contributed by atoms with van der Waals surface area (Å²) in [5.74, 6) is -0.0449. The van der Waals surface area contributed by atoms with E-state index < -0.39 is 0 Å². The van der Waals surface area contributed by atoms with Crippen molar-refractivity contribution in [2.45, 2.75) is 26.8 Å². The molecule has 2 rings (SSSR count). The second kappa shape index (κ2) is 9.04. The lowest BCUT2D eigenvalue weighted by molar-refractivity contribution is -0.143.